The molecular weight excluding hydrogens is 350 g/mol. The second kappa shape index (κ2) is 8.78. The molecule has 0 aliphatic heterocycles. The molecule has 148 valence electrons. The number of pyridine rings is 1. The summed E-state index contributed by atoms with van der Waals surface area (Å²) in [6, 6.07) is 0. The van der Waals surface area contributed by atoms with Crippen LogP contribution in [0.5, 0.6) is 0 Å². The third-order valence-corrected chi connectivity index (χ3v) is 4.81. The molecule has 6 heteroatoms. The number of likely N-dealkylation sites (N-methyl/N-ethyl adjacent to an activating group) is 1. The van der Waals surface area contributed by atoms with Gasteiger partial charge in [-0.25, -0.2) is 4.58 Å². The highest BCUT2D eigenvalue weighted by Gasteiger charge is 2.21. The van der Waals surface area contributed by atoms with Gasteiger partial charge in [-0.1, -0.05) is 37.5 Å². The van der Waals surface area contributed by atoms with Crippen LogP contribution >= 0.6 is 0 Å². The fourth-order valence-corrected chi connectivity index (χ4v) is 3.43. The van der Waals surface area contributed by atoms with Crippen molar-refractivity contribution in [3.05, 3.63) is 68.6 Å². The van der Waals surface area contributed by atoms with Gasteiger partial charge in [0, 0.05) is 30.4 Å². The van der Waals surface area contributed by atoms with E-state index < -0.39 is 0 Å². The quantitative estimate of drug-likeness (QED) is 0.427. The smallest absolute Gasteiger partial charge is 0.293 e. The molecule has 0 aliphatic rings. The minimum atomic E-state index is -0.123. The maximum Gasteiger partial charge on any atom is 0.329 e. The second-order valence-electron chi connectivity index (χ2n) is 6.65. The van der Waals surface area contributed by atoms with Crippen LogP contribution in [0.25, 0.3) is 17.7 Å². The molecule has 0 amide bonds. The summed E-state index contributed by atoms with van der Waals surface area (Å²) in [6.07, 6.45) is 7.54. The Morgan fingerprint density at radius 2 is 1.82 bits per heavy atom. The lowest BCUT2D eigenvalue weighted by atomic mass is 10.1. The summed E-state index contributed by atoms with van der Waals surface area (Å²) in [4.78, 5) is 18.0. The van der Waals surface area contributed by atoms with Gasteiger partial charge in [0.05, 0.1) is 12.1 Å². The Morgan fingerprint density at radius 1 is 1.18 bits per heavy atom. The maximum atomic E-state index is 13.5. The molecule has 0 saturated heterocycles. The first-order valence-corrected chi connectivity index (χ1v) is 9.39. The van der Waals surface area contributed by atoms with Crippen molar-refractivity contribution >= 4 is 17.7 Å². The monoisotopic (exact) mass is 380 g/mol. The SMILES string of the molecule is C=Cc1c(C=C)c2c(=NC)c(=NN(CC)CC=CC)c(=[N+](C)C)c(=O)n2c1C. The number of hydrogen-bond acceptors (Lipinski definition) is 4. The van der Waals surface area contributed by atoms with Crippen molar-refractivity contribution in [2.45, 2.75) is 20.8 Å². The van der Waals surface area contributed by atoms with E-state index in [4.69, 9.17) is 5.10 Å². The largest absolute Gasteiger partial charge is 0.329 e. The molecule has 0 atom stereocenters. The van der Waals surface area contributed by atoms with Gasteiger partial charge in [0.1, 0.15) is 19.5 Å². The van der Waals surface area contributed by atoms with Gasteiger partial charge in [0.15, 0.2) is 5.36 Å². The lowest BCUT2D eigenvalue weighted by Crippen LogP contribution is -2.58. The second-order valence-corrected chi connectivity index (χ2v) is 6.65. The summed E-state index contributed by atoms with van der Waals surface area (Å²) in [5, 5.41) is 8.51. The van der Waals surface area contributed by atoms with Crippen molar-refractivity contribution in [3.63, 3.8) is 0 Å². The lowest BCUT2D eigenvalue weighted by molar-refractivity contribution is 0.323. The molecule has 0 saturated carbocycles. The summed E-state index contributed by atoms with van der Waals surface area (Å²) < 4.78 is 3.51. The number of allylic oxidation sites excluding steroid dienone is 1. The topological polar surface area (TPSA) is 52.5 Å². The number of rotatable bonds is 6. The Bertz CT molecular complexity index is 1180. The van der Waals surface area contributed by atoms with E-state index in [2.05, 4.69) is 18.2 Å². The van der Waals surface area contributed by atoms with Crippen LogP contribution in [0, 0.1) is 6.92 Å². The zero-order valence-electron chi connectivity index (χ0n) is 17.8. The van der Waals surface area contributed by atoms with Crippen LogP contribution in [0.4, 0.5) is 0 Å². The summed E-state index contributed by atoms with van der Waals surface area (Å²) in [6.45, 7) is 15.2. The van der Waals surface area contributed by atoms with Crippen LogP contribution < -0.4 is 26.2 Å². The first-order valence-electron chi connectivity index (χ1n) is 9.39. The molecule has 0 aromatic carbocycles. The van der Waals surface area contributed by atoms with Crippen molar-refractivity contribution < 1.29 is 0 Å². The van der Waals surface area contributed by atoms with Crippen LogP contribution in [0.1, 0.15) is 30.7 Å². The highest BCUT2D eigenvalue weighted by Crippen LogP contribution is 2.21. The van der Waals surface area contributed by atoms with Crippen LogP contribution in [0.3, 0.4) is 0 Å². The van der Waals surface area contributed by atoms with Crippen LogP contribution in [0.2, 0.25) is 0 Å². The summed E-state index contributed by atoms with van der Waals surface area (Å²) in [7, 11) is 5.43. The van der Waals surface area contributed by atoms with Gasteiger partial charge in [0.25, 0.3) is 5.36 Å². The van der Waals surface area contributed by atoms with Crippen LogP contribution in [-0.4, -0.2) is 43.6 Å². The minimum absolute atomic E-state index is 0.123. The number of nitrogens with zero attached hydrogens (tertiary/aromatic N) is 5. The number of fused-ring (bicyclic) bond motifs is 1. The predicted molar refractivity (Wildman–Crippen MR) is 117 cm³/mol. The molecule has 0 bridgehead atoms. The minimum Gasteiger partial charge on any atom is -0.293 e. The first-order chi connectivity index (χ1) is 13.4. The van der Waals surface area contributed by atoms with E-state index >= 15 is 0 Å². The molecule has 2 heterocycles. The Hall–Kier alpha value is -3.02. The molecule has 0 N–H and O–H groups in total. The van der Waals surface area contributed by atoms with E-state index in [1.54, 1.807) is 28.2 Å². The van der Waals surface area contributed by atoms with E-state index in [9.17, 15) is 4.79 Å². The maximum absolute atomic E-state index is 13.5. The molecule has 0 spiro atoms. The lowest BCUT2D eigenvalue weighted by Gasteiger charge is -2.13. The van der Waals surface area contributed by atoms with Crippen molar-refractivity contribution in [3.8, 4) is 0 Å². The summed E-state index contributed by atoms with van der Waals surface area (Å²) in [5.74, 6) is 0. The molecule has 2 aromatic heterocycles. The molecule has 0 aliphatic carbocycles. The fraction of sp³-hybridized carbons (Fsp3) is 0.364. The third-order valence-electron chi connectivity index (χ3n) is 4.81. The van der Waals surface area contributed by atoms with Crippen LogP contribution in [0.15, 0.2) is 40.2 Å². The van der Waals surface area contributed by atoms with E-state index in [1.165, 1.54) is 0 Å². The first kappa shape index (κ1) is 21.3. The standard InChI is InChI=1S/C22H30N5O/c1-9-13-14-26(12-4)24-19-18(23-6)20-17(11-3)16(10-2)15(5)27(20)22(28)21(19)25(7)8/h9-11,13H,2-3,12,14H2,1,4-8H3/q+1. The fourth-order valence-electron chi connectivity index (χ4n) is 3.43. The normalized spacial score (nSPS) is 12.9. The Kier molecular flexibility index (Phi) is 6.67. The van der Waals surface area contributed by atoms with E-state index in [-0.39, 0.29) is 5.56 Å². The molecule has 28 heavy (non-hydrogen) atoms. The van der Waals surface area contributed by atoms with Crippen molar-refractivity contribution in [2.75, 3.05) is 34.2 Å². The number of hydrogen-bond donors (Lipinski definition) is 0. The average Bonchev–Trinajstić information content (AvgIpc) is 2.96. The highest BCUT2D eigenvalue weighted by molar-refractivity contribution is 5.79. The van der Waals surface area contributed by atoms with Crippen molar-refractivity contribution in [2.24, 2.45) is 10.1 Å². The predicted octanol–water partition coefficient (Wildman–Crippen LogP) is 1.05. The highest BCUT2D eigenvalue weighted by atomic mass is 16.1. The molecule has 0 fully saturated rings. The van der Waals surface area contributed by atoms with Crippen molar-refractivity contribution in [1.82, 2.24) is 14.0 Å². The van der Waals surface area contributed by atoms with Gasteiger partial charge in [-0.05, 0) is 20.8 Å². The Balaban J connectivity index is 3.28. The average molecular weight is 381 g/mol. The van der Waals surface area contributed by atoms with E-state index in [0.717, 1.165) is 22.3 Å². The number of aromatic nitrogens is 1. The van der Waals surface area contributed by atoms with Crippen LogP contribution in [-0.2, 0) is 0 Å². The third kappa shape index (κ3) is 3.42. The van der Waals surface area contributed by atoms with Gasteiger partial charge >= 0.3 is 5.56 Å². The summed E-state index contributed by atoms with van der Waals surface area (Å²) >= 11 is 0. The van der Waals surface area contributed by atoms with Gasteiger partial charge in [-0.3, -0.25) is 19.2 Å². The van der Waals surface area contributed by atoms with E-state index in [0.29, 0.717) is 29.2 Å². The molecule has 6 nitrogen and oxygen atoms in total. The van der Waals surface area contributed by atoms with Gasteiger partial charge in [-0.15, -0.1) is 0 Å². The molecule has 0 unspecified atom stereocenters. The van der Waals surface area contributed by atoms with Gasteiger partial charge in [0.2, 0.25) is 0 Å². The Labute approximate surface area is 165 Å². The van der Waals surface area contributed by atoms with Gasteiger partial charge in [-0.2, -0.15) is 5.10 Å². The van der Waals surface area contributed by atoms with Crippen molar-refractivity contribution in [1.29, 1.82) is 0 Å². The summed E-state index contributed by atoms with van der Waals surface area (Å²) in [5.41, 5.74) is 3.16. The molecule has 0 radical (unpaired) electrons. The zero-order valence-corrected chi connectivity index (χ0v) is 17.8. The molecule has 2 rings (SSSR count). The number of aryl methyl sites for hydroxylation is 1. The van der Waals surface area contributed by atoms with Gasteiger partial charge < -0.3 is 0 Å². The Morgan fingerprint density at radius 3 is 2.29 bits per heavy atom. The van der Waals surface area contributed by atoms with E-state index in [1.807, 2.05) is 52.0 Å². The zero-order chi connectivity index (χ0) is 21.0. The molecule has 2 aromatic rings. The molecular formula is C22H30N5O+.